The van der Waals surface area contributed by atoms with Gasteiger partial charge in [-0.05, 0) is 0 Å². The molecule has 0 aliphatic carbocycles. The van der Waals surface area contributed by atoms with Gasteiger partial charge in [0.05, 0.1) is 46.2 Å². The third-order valence-corrected chi connectivity index (χ3v) is 1.88. The first-order chi connectivity index (χ1) is 8.18. The second-order valence-corrected chi connectivity index (χ2v) is 3.26. The second-order valence-electron chi connectivity index (χ2n) is 3.26. The molecule has 7 heteroatoms. The number of amides is 1. The fourth-order valence-corrected chi connectivity index (χ4v) is 0.904. The Morgan fingerprint density at radius 1 is 1.00 bits per heavy atom. The van der Waals surface area contributed by atoms with Gasteiger partial charge in [-0.1, -0.05) is 0 Å². The molecule has 0 saturated carbocycles. The first-order valence-electron chi connectivity index (χ1n) is 5.46. The summed E-state index contributed by atoms with van der Waals surface area (Å²) in [5, 5.41) is 17.0. The van der Waals surface area contributed by atoms with Crippen LogP contribution in [0.1, 0.15) is 0 Å². The van der Waals surface area contributed by atoms with Gasteiger partial charge in [-0.3, -0.25) is 0 Å². The Morgan fingerprint density at radius 2 is 1.47 bits per heavy atom. The van der Waals surface area contributed by atoms with Crippen molar-refractivity contribution >= 4 is 6.09 Å². The van der Waals surface area contributed by atoms with E-state index in [4.69, 9.17) is 24.4 Å². The van der Waals surface area contributed by atoms with Crippen LogP contribution in [0.15, 0.2) is 0 Å². The maximum Gasteiger partial charge on any atom is 0.407 e. The van der Waals surface area contributed by atoms with Gasteiger partial charge in [-0.25, -0.2) is 4.79 Å². The minimum atomic E-state index is -0.967. The molecule has 0 aliphatic heterocycles. The van der Waals surface area contributed by atoms with Gasteiger partial charge in [0.2, 0.25) is 0 Å². The maximum atomic E-state index is 10.4. The number of aliphatic hydroxyl groups is 1. The lowest BCUT2D eigenvalue weighted by molar-refractivity contribution is 0.00572. The highest BCUT2D eigenvalue weighted by Gasteiger charge is 2.03. The molecule has 7 nitrogen and oxygen atoms in total. The molecule has 0 fully saturated rings. The van der Waals surface area contributed by atoms with Gasteiger partial charge in [0.25, 0.3) is 0 Å². The summed E-state index contributed by atoms with van der Waals surface area (Å²) in [6, 6.07) is 0. The Labute approximate surface area is 101 Å². The van der Waals surface area contributed by atoms with E-state index in [9.17, 15) is 4.79 Å². The van der Waals surface area contributed by atoms with Gasteiger partial charge in [0.1, 0.15) is 0 Å². The van der Waals surface area contributed by atoms with Gasteiger partial charge in [0.15, 0.2) is 0 Å². The fraction of sp³-hybridized carbons (Fsp3) is 0.900. The van der Waals surface area contributed by atoms with E-state index in [0.717, 1.165) is 4.90 Å². The molecule has 102 valence electrons. The number of likely N-dealkylation sites (N-methyl/N-ethyl adjacent to an activating group) is 1. The molecule has 2 N–H and O–H groups in total. The Balaban J connectivity index is 3.06. The number of hydrogen-bond acceptors (Lipinski definition) is 5. The van der Waals surface area contributed by atoms with E-state index in [0.29, 0.717) is 46.2 Å². The molecule has 0 atom stereocenters. The van der Waals surface area contributed by atoms with Crippen LogP contribution in [-0.2, 0) is 14.2 Å². The standard InChI is InChI=1S/C10H21NO6/c1-11(10(13)14)2-4-15-6-8-17-9-7-16-5-3-12/h12H,2-9H2,1H3,(H,13,14). The van der Waals surface area contributed by atoms with Crippen molar-refractivity contribution in [1.29, 1.82) is 0 Å². The summed E-state index contributed by atoms with van der Waals surface area (Å²) in [5.41, 5.74) is 0. The number of carbonyl (C=O) groups is 1. The zero-order valence-electron chi connectivity index (χ0n) is 10.1. The molecule has 0 aromatic rings. The van der Waals surface area contributed by atoms with E-state index in [2.05, 4.69) is 0 Å². The number of ether oxygens (including phenoxy) is 3. The molecule has 0 unspecified atom stereocenters. The minimum Gasteiger partial charge on any atom is -0.465 e. The highest BCUT2D eigenvalue weighted by atomic mass is 16.5. The van der Waals surface area contributed by atoms with Crippen LogP contribution in [0.4, 0.5) is 4.79 Å². The van der Waals surface area contributed by atoms with Crippen LogP contribution in [0, 0.1) is 0 Å². The molecule has 0 bridgehead atoms. The Bertz CT molecular complexity index is 190. The summed E-state index contributed by atoms with van der Waals surface area (Å²) >= 11 is 0. The molecule has 17 heavy (non-hydrogen) atoms. The Hall–Kier alpha value is -0.890. The molecular formula is C10H21NO6. The fourth-order valence-electron chi connectivity index (χ4n) is 0.904. The van der Waals surface area contributed by atoms with Crippen molar-refractivity contribution in [2.45, 2.75) is 0 Å². The van der Waals surface area contributed by atoms with Crippen LogP contribution in [0.5, 0.6) is 0 Å². The SMILES string of the molecule is CN(CCOCCOCCOCCO)C(=O)O. The van der Waals surface area contributed by atoms with Crippen LogP contribution < -0.4 is 0 Å². The first-order valence-corrected chi connectivity index (χ1v) is 5.46. The lowest BCUT2D eigenvalue weighted by Crippen LogP contribution is -2.28. The van der Waals surface area contributed by atoms with Gasteiger partial charge in [0, 0.05) is 13.6 Å². The highest BCUT2D eigenvalue weighted by molar-refractivity contribution is 5.64. The average Bonchev–Trinajstić information content (AvgIpc) is 2.31. The van der Waals surface area contributed by atoms with E-state index >= 15 is 0 Å². The maximum absolute atomic E-state index is 10.4. The Morgan fingerprint density at radius 3 is 1.94 bits per heavy atom. The third kappa shape index (κ3) is 11.4. The molecule has 0 radical (unpaired) electrons. The quantitative estimate of drug-likeness (QED) is 0.487. The average molecular weight is 251 g/mol. The first kappa shape index (κ1) is 16.1. The summed E-state index contributed by atoms with van der Waals surface area (Å²) in [6.07, 6.45) is -0.967. The molecule has 0 saturated heterocycles. The van der Waals surface area contributed by atoms with E-state index in [-0.39, 0.29) is 6.61 Å². The molecule has 0 spiro atoms. The van der Waals surface area contributed by atoms with Gasteiger partial charge in [-0.2, -0.15) is 0 Å². The van der Waals surface area contributed by atoms with Crippen molar-refractivity contribution in [2.75, 3.05) is 59.8 Å². The predicted octanol–water partition coefficient (Wildman–Crippen LogP) is -0.362. The van der Waals surface area contributed by atoms with Crippen LogP contribution in [0.3, 0.4) is 0 Å². The van der Waals surface area contributed by atoms with Crippen LogP contribution in [0.2, 0.25) is 0 Å². The molecule has 0 aliphatic rings. The summed E-state index contributed by atoms with van der Waals surface area (Å²) < 4.78 is 15.3. The number of hydrogen-bond donors (Lipinski definition) is 2. The van der Waals surface area contributed by atoms with Gasteiger partial charge >= 0.3 is 6.09 Å². The largest absolute Gasteiger partial charge is 0.465 e. The van der Waals surface area contributed by atoms with Crippen molar-refractivity contribution in [3.63, 3.8) is 0 Å². The van der Waals surface area contributed by atoms with Crippen molar-refractivity contribution in [1.82, 2.24) is 4.90 Å². The van der Waals surface area contributed by atoms with Crippen molar-refractivity contribution < 1.29 is 29.2 Å². The zero-order chi connectivity index (χ0) is 12.9. The summed E-state index contributed by atoms with van der Waals surface area (Å²) in [6.45, 7) is 2.80. The second kappa shape index (κ2) is 11.6. The van der Waals surface area contributed by atoms with Gasteiger partial charge in [-0.15, -0.1) is 0 Å². The van der Waals surface area contributed by atoms with E-state index in [1.54, 1.807) is 0 Å². The van der Waals surface area contributed by atoms with Crippen LogP contribution in [0.25, 0.3) is 0 Å². The third-order valence-electron chi connectivity index (χ3n) is 1.88. The summed E-state index contributed by atoms with van der Waals surface area (Å²) in [5.74, 6) is 0. The molecular weight excluding hydrogens is 230 g/mol. The number of aliphatic hydroxyl groups excluding tert-OH is 1. The molecule has 0 heterocycles. The van der Waals surface area contributed by atoms with Crippen molar-refractivity contribution in [3.8, 4) is 0 Å². The van der Waals surface area contributed by atoms with Crippen molar-refractivity contribution in [3.05, 3.63) is 0 Å². The normalized spacial score (nSPS) is 10.5. The van der Waals surface area contributed by atoms with E-state index in [1.807, 2.05) is 0 Å². The van der Waals surface area contributed by atoms with Crippen molar-refractivity contribution in [2.24, 2.45) is 0 Å². The van der Waals surface area contributed by atoms with Crippen LogP contribution in [-0.4, -0.2) is 81.0 Å². The lowest BCUT2D eigenvalue weighted by Gasteiger charge is -2.12. The minimum absolute atomic E-state index is 0.0141. The summed E-state index contributed by atoms with van der Waals surface area (Å²) in [7, 11) is 1.49. The lowest BCUT2D eigenvalue weighted by atomic mass is 10.6. The van der Waals surface area contributed by atoms with Crippen LogP contribution >= 0.6 is 0 Å². The topological polar surface area (TPSA) is 88.5 Å². The molecule has 0 aromatic heterocycles. The van der Waals surface area contributed by atoms with E-state index < -0.39 is 6.09 Å². The zero-order valence-corrected chi connectivity index (χ0v) is 10.1. The monoisotopic (exact) mass is 251 g/mol. The molecule has 0 aromatic carbocycles. The summed E-state index contributed by atoms with van der Waals surface area (Å²) in [4.78, 5) is 11.6. The highest BCUT2D eigenvalue weighted by Crippen LogP contribution is 1.85. The van der Waals surface area contributed by atoms with Gasteiger partial charge < -0.3 is 29.3 Å². The Kier molecular flexibility index (Phi) is 11.0. The number of rotatable bonds is 11. The predicted molar refractivity (Wildman–Crippen MR) is 60.2 cm³/mol. The smallest absolute Gasteiger partial charge is 0.407 e. The van der Waals surface area contributed by atoms with E-state index in [1.165, 1.54) is 7.05 Å². The number of nitrogens with zero attached hydrogens (tertiary/aromatic N) is 1. The number of carboxylic acid groups (broad SMARTS) is 1. The molecule has 0 rings (SSSR count). The molecule has 1 amide bonds.